The van der Waals surface area contributed by atoms with Crippen LogP contribution in [0.5, 0.6) is 0 Å². The van der Waals surface area contributed by atoms with Gasteiger partial charge in [-0.1, -0.05) is 51.1 Å². The number of aromatic nitrogens is 1. The molecule has 8 amide bonds. The van der Waals surface area contributed by atoms with Crippen LogP contribution in [0.15, 0.2) is 72.9 Å². The number of halogens is 2. The van der Waals surface area contributed by atoms with Gasteiger partial charge < -0.3 is 46.7 Å². The monoisotopic (exact) mass is 906 g/mol. The Morgan fingerprint density at radius 3 is 2.00 bits per heavy atom. The van der Waals surface area contributed by atoms with E-state index in [0.717, 1.165) is 35.9 Å². The van der Waals surface area contributed by atoms with Gasteiger partial charge in [0.15, 0.2) is 0 Å². The lowest BCUT2D eigenvalue weighted by Crippen LogP contribution is -2.57. The van der Waals surface area contributed by atoms with Gasteiger partial charge in [-0.05, 0) is 55.5 Å². The molecule has 0 bridgehead atoms. The molecule has 1 aliphatic heterocycles. The topological polar surface area (TPSA) is 280 Å². The molecular weight excluding hydrogens is 855 g/mol. The maximum absolute atomic E-state index is 15.2. The molecule has 8 N–H and O–H groups in total. The molecule has 5 atom stereocenters. The lowest BCUT2D eigenvalue weighted by molar-refractivity contribution is -0.145. The SMILES string of the molecule is C[C@H](NC(=O)CN1C(=O)C=CC1=O)C(=O)N[C@@H](C)C(=O)N[C@@H](CC(N)=O)C(=O)N[C@@H](CCN(C(=O)CO)[C@@H](c1cc(-c2cc(F)ccc2F)cn1Cc1ccccc1)C(C)(C)C)C(=O)O. The van der Waals surface area contributed by atoms with E-state index in [2.05, 4.69) is 21.3 Å². The number of imide groups is 1. The molecule has 0 saturated heterocycles. The number of aliphatic carboxylic acids is 1. The molecule has 21 heteroatoms. The van der Waals surface area contributed by atoms with Gasteiger partial charge >= 0.3 is 5.97 Å². The number of rotatable bonds is 21. The average molecular weight is 907 g/mol. The second-order valence-corrected chi connectivity index (χ2v) is 16.4. The number of carboxylic acid groups (broad SMARTS) is 1. The summed E-state index contributed by atoms with van der Waals surface area (Å²) >= 11 is 0. The highest BCUT2D eigenvalue weighted by molar-refractivity contribution is 6.14. The van der Waals surface area contributed by atoms with Gasteiger partial charge in [-0.15, -0.1) is 0 Å². The highest BCUT2D eigenvalue weighted by Crippen LogP contribution is 2.41. The van der Waals surface area contributed by atoms with Crippen molar-refractivity contribution in [3.63, 3.8) is 0 Å². The third kappa shape index (κ3) is 13.6. The van der Waals surface area contributed by atoms with Crippen LogP contribution >= 0.6 is 0 Å². The quantitative estimate of drug-likeness (QED) is 0.0729. The number of nitrogens with zero attached hydrogens (tertiary/aromatic N) is 3. The van der Waals surface area contributed by atoms with Crippen LogP contribution in [-0.2, 0) is 49.7 Å². The summed E-state index contributed by atoms with van der Waals surface area (Å²) in [4.78, 5) is 116. The zero-order valence-corrected chi connectivity index (χ0v) is 36.3. The number of aliphatic hydroxyl groups is 1. The lowest BCUT2D eigenvalue weighted by atomic mass is 9.82. The van der Waals surface area contributed by atoms with E-state index in [0.29, 0.717) is 10.6 Å². The summed E-state index contributed by atoms with van der Waals surface area (Å²) in [6, 6.07) is 6.54. The number of aliphatic hydroxyl groups excluding tert-OH is 1. The molecular formula is C44H52F2N8O11. The largest absolute Gasteiger partial charge is 0.480 e. The van der Waals surface area contributed by atoms with E-state index in [4.69, 9.17) is 5.73 Å². The van der Waals surface area contributed by atoms with Crippen molar-refractivity contribution in [1.29, 1.82) is 0 Å². The van der Waals surface area contributed by atoms with Crippen molar-refractivity contribution in [2.45, 2.75) is 84.2 Å². The van der Waals surface area contributed by atoms with E-state index in [-0.39, 0.29) is 17.7 Å². The number of carbonyl (C=O) groups excluding carboxylic acids is 8. The molecule has 0 aliphatic carbocycles. The van der Waals surface area contributed by atoms with E-state index in [9.17, 15) is 57.8 Å². The van der Waals surface area contributed by atoms with Gasteiger partial charge in [-0.3, -0.25) is 43.3 Å². The van der Waals surface area contributed by atoms with Crippen LogP contribution < -0.4 is 27.0 Å². The Bertz CT molecular complexity index is 2330. The molecule has 0 fully saturated rings. The van der Waals surface area contributed by atoms with Crippen LogP contribution in [0.3, 0.4) is 0 Å². The number of nitrogens with one attached hydrogen (secondary N) is 4. The minimum absolute atomic E-state index is 0.0578. The van der Waals surface area contributed by atoms with Crippen LogP contribution in [0.1, 0.15) is 64.8 Å². The minimum atomic E-state index is -1.76. The summed E-state index contributed by atoms with van der Waals surface area (Å²) in [5.74, 6) is -10.3. The average Bonchev–Trinajstić information content (AvgIpc) is 3.78. The van der Waals surface area contributed by atoms with Crippen molar-refractivity contribution in [2.24, 2.45) is 11.1 Å². The van der Waals surface area contributed by atoms with Gasteiger partial charge in [0.1, 0.15) is 49.0 Å². The van der Waals surface area contributed by atoms with Crippen molar-refractivity contribution >= 4 is 53.2 Å². The summed E-state index contributed by atoms with van der Waals surface area (Å²) < 4.78 is 31.3. The second-order valence-electron chi connectivity index (χ2n) is 16.4. The first-order valence-corrected chi connectivity index (χ1v) is 20.4. The van der Waals surface area contributed by atoms with Crippen LogP contribution in [0.4, 0.5) is 8.78 Å². The molecule has 1 aliphatic rings. The zero-order chi connectivity index (χ0) is 48.3. The highest BCUT2D eigenvalue weighted by atomic mass is 19.1. The first kappa shape index (κ1) is 50.4. The fourth-order valence-electron chi connectivity index (χ4n) is 7.09. The number of benzene rings is 2. The Labute approximate surface area is 372 Å². The Morgan fingerprint density at radius 1 is 0.815 bits per heavy atom. The predicted molar refractivity (Wildman–Crippen MR) is 227 cm³/mol. The molecule has 3 aromatic rings. The molecule has 19 nitrogen and oxygen atoms in total. The number of hydrogen-bond donors (Lipinski definition) is 7. The van der Waals surface area contributed by atoms with Crippen LogP contribution in [0, 0.1) is 17.0 Å². The number of carboxylic acids is 1. The van der Waals surface area contributed by atoms with Crippen molar-refractivity contribution in [1.82, 2.24) is 35.6 Å². The van der Waals surface area contributed by atoms with Crippen molar-refractivity contribution in [3.8, 4) is 11.1 Å². The highest BCUT2D eigenvalue weighted by Gasteiger charge is 2.39. The maximum Gasteiger partial charge on any atom is 0.326 e. The van der Waals surface area contributed by atoms with Gasteiger partial charge in [-0.25, -0.2) is 13.6 Å². The molecule has 2 aromatic carbocycles. The van der Waals surface area contributed by atoms with E-state index in [1.807, 2.05) is 30.3 Å². The van der Waals surface area contributed by atoms with Crippen molar-refractivity contribution in [2.75, 3.05) is 19.7 Å². The summed E-state index contributed by atoms with van der Waals surface area (Å²) in [5, 5.41) is 29.5. The summed E-state index contributed by atoms with van der Waals surface area (Å²) in [6.07, 6.45) is 2.26. The van der Waals surface area contributed by atoms with Gasteiger partial charge in [-0.2, -0.15) is 0 Å². The Kier molecular flexibility index (Phi) is 16.9. The Morgan fingerprint density at radius 2 is 1.42 bits per heavy atom. The fraction of sp³-hybridized carbons (Fsp3) is 0.386. The van der Waals surface area contributed by atoms with Crippen LogP contribution in [0.2, 0.25) is 0 Å². The van der Waals surface area contributed by atoms with Gasteiger partial charge in [0.25, 0.3) is 11.8 Å². The first-order valence-electron chi connectivity index (χ1n) is 20.4. The first-order chi connectivity index (χ1) is 30.5. The third-order valence-electron chi connectivity index (χ3n) is 10.3. The van der Waals surface area contributed by atoms with Gasteiger partial charge in [0, 0.05) is 48.3 Å². The van der Waals surface area contributed by atoms with E-state index < -0.39 is 133 Å². The standard InChI is InChI=1S/C44H52F2N8O11/c1-24(48-35(57)22-54-36(58)13-14-37(54)59)40(61)49-25(2)41(62)51-32(19-34(47)56)42(63)50-31(43(64)65)15-16-53(38(60)23-55)39(44(3,4)5)33-17-27(29-18-28(45)11-12-30(29)46)21-52(33)20-26-9-7-6-8-10-26/h6-14,17-18,21,24-25,31-32,39,55H,15-16,19-20,22-23H2,1-5H3,(H2,47,56)(H,48,57)(H,49,61)(H,50,63)(H,51,62)(H,64,65)/t24-,25-,31-,32-,39-/m0/s1. The van der Waals surface area contributed by atoms with E-state index >= 15 is 4.39 Å². The number of carbonyl (C=O) groups is 9. The predicted octanol–water partition coefficient (Wildman–Crippen LogP) is 0.644. The summed E-state index contributed by atoms with van der Waals surface area (Å²) in [7, 11) is 0. The molecule has 0 saturated carbocycles. The van der Waals surface area contributed by atoms with Gasteiger partial charge in [0.2, 0.25) is 35.4 Å². The number of amides is 8. The fourth-order valence-corrected chi connectivity index (χ4v) is 7.09. The lowest BCUT2D eigenvalue weighted by Gasteiger charge is -2.41. The Balaban J connectivity index is 1.53. The molecule has 4 rings (SSSR count). The van der Waals surface area contributed by atoms with Crippen LogP contribution in [0.25, 0.3) is 11.1 Å². The van der Waals surface area contributed by atoms with E-state index in [1.165, 1.54) is 18.7 Å². The smallest absolute Gasteiger partial charge is 0.326 e. The maximum atomic E-state index is 15.2. The molecule has 0 unspecified atom stereocenters. The molecule has 0 radical (unpaired) electrons. The molecule has 0 spiro atoms. The second kappa shape index (κ2) is 21.9. The number of hydrogen-bond acceptors (Lipinski definition) is 10. The molecule has 1 aromatic heterocycles. The van der Waals surface area contributed by atoms with E-state index in [1.54, 1.807) is 37.6 Å². The minimum Gasteiger partial charge on any atom is -0.480 e. The third-order valence-corrected chi connectivity index (χ3v) is 10.3. The van der Waals surface area contributed by atoms with Crippen molar-refractivity contribution < 1.29 is 62.1 Å². The normalized spacial score (nSPS) is 14.7. The molecule has 65 heavy (non-hydrogen) atoms. The molecule has 2 heterocycles. The molecule has 348 valence electrons. The van der Waals surface area contributed by atoms with Crippen molar-refractivity contribution in [3.05, 3.63) is 95.8 Å². The zero-order valence-electron chi connectivity index (χ0n) is 36.3. The number of nitrogens with two attached hydrogens (primary N) is 1. The Hall–Kier alpha value is -7.29. The van der Waals surface area contributed by atoms with Gasteiger partial charge in [0.05, 0.1) is 12.5 Å². The van der Waals surface area contributed by atoms with Crippen LogP contribution in [-0.4, -0.2) is 122 Å². The summed E-state index contributed by atoms with van der Waals surface area (Å²) in [6.45, 7) is 5.95. The summed E-state index contributed by atoms with van der Waals surface area (Å²) in [5.41, 5.74) is 5.94. The number of primary amides is 1.